The van der Waals surface area contributed by atoms with E-state index >= 15 is 0 Å². The molecule has 0 spiro atoms. The largest absolute Gasteiger partial charge is 0.355 e. The van der Waals surface area contributed by atoms with E-state index in [-0.39, 0.29) is 5.91 Å². The van der Waals surface area contributed by atoms with Crippen molar-refractivity contribution in [2.75, 3.05) is 13.1 Å². The molecule has 1 amide bonds. The highest BCUT2D eigenvalue weighted by Gasteiger charge is 2.08. The van der Waals surface area contributed by atoms with E-state index in [4.69, 9.17) is 0 Å². The average Bonchev–Trinajstić information content (AvgIpc) is 2.66. The second-order valence-electron chi connectivity index (χ2n) is 4.13. The zero-order chi connectivity index (χ0) is 13.0. The Morgan fingerprint density at radius 1 is 1.44 bits per heavy atom. The highest BCUT2D eigenvalue weighted by Crippen LogP contribution is 2.10. The molecular formula is C13H18N4O. The smallest absolute Gasteiger partial charge is 0.233 e. The number of carbonyl (C=O) groups is 1. The maximum Gasteiger partial charge on any atom is 0.233 e. The van der Waals surface area contributed by atoms with Crippen molar-refractivity contribution in [3.05, 3.63) is 35.8 Å². The molecule has 5 heteroatoms. The first-order valence-electron chi connectivity index (χ1n) is 6.12. The molecule has 18 heavy (non-hydrogen) atoms. The maximum absolute atomic E-state index is 11.3. The Labute approximate surface area is 106 Å². The standard InChI is InChI=1S/C13H18N4O/c1-3-15-13(18)9-14-8-11-10(2)16-12-6-4-5-7-17(11)12/h4-7,14H,3,8-9H2,1-2H3,(H,15,18). The van der Waals surface area contributed by atoms with E-state index < -0.39 is 0 Å². The topological polar surface area (TPSA) is 58.4 Å². The quantitative estimate of drug-likeness (QED) is 0.823. The number of carbonyl (C=O) groups excluding carboxylic acids is 1. The number of fused-ring (bicyclic) bond motifs is 1. The molecule has 0 aliphatic rings. The number of hydrogen-bond acceptors (Lipinski definition) is 3. The predicted octanol–water partition coefficient (Wildman–Crippen LogP) is 0.868. The van der Waals surface area contributed by atoms with Crippen LogP contribution in [0.3, 0.4) is 0 Å². The van der Waals surface area contributed by atoms with Gasteiger partial charge in [0.2, 0.25) is 5.91 Å². The van der Waals surface area contributed by atoms with Crippen molar-refractivity contribution in [2.24, 2.45) is 0 Å². The third-order valence-electron chi connectivity index (χ3n) is 2.78. The first kappa shape index (κ1) is 12.6. The van der Waals surface area contributed by atoms with Gasteiger partial charge in [-0.25, -0.2) is 4.98 Å². The van der Waals surface area contributed by atoms with Crippen molar-refractivity contribution < 1.29 is 4.79 Å². The van der Waals surface area contributed by atoms with Crippen LogP contribution in [0.5, 0.6) is 0 Å². The Hall–Kier alpha value is -1.88. The van der Waals surface area contributed by atoms with E-state index in [1.165, 1.54) is 0 Å². The fraction of sp³-hybridized carbons (Fsp3) is 0.385. The number of amides is 1. The summed E-state index contributed by atoms with van der Waals surface area (Å²) in [4.78, 5) is 15.8. The molecule has 0 unspecified atom stereocenters. The first-order chi connectivity index (χ1) is 8.72. The zero-order valence-electron chi connectivity index (χ0n) is 10.7. The monoisotopic (exact) mass is 246 g/mol. The molecule has 0 atom stereocenters. The van der Waals surface area contributed by atoms with Crippen molar-refractivity contribution in [1.29, 1.82) is 0 Å². The van der Waals surface area contributed by atoms with Crippen LogP contribution in [-0.2, 0) is 11.3 Å². The van der Waals surface area contributed by atoms with Gasteiger partial charge in [0, 0.05) is 19.3 Å². The highest BCUT2D eigenvalue weighted by molar-refractivity contribution is 5.77. The molecule has 5 nitrogen and oxygen atoms in total. The van der Waals surface area contributed by atoms with Gasteiger partial charge in [-0.05, 0) is 26.0 Å². The number of aryl methyl sites for hydroxylation is 1. The molecule has 2 rings (SSSR count). The van der Waals surface area contributed by atoms with Gasteiger partial charge >= 0.3 is 0 Å². The van der Waals surface area contributed by atoms with Gasteiger partial charge in [0.05, 0.1) is 17.9 Å². The second-order valence-corrected chi connectivity index (χ2v) is 4.13. The maximum atomic E-state index is 11.3. The summed E-state index contributed by atoms with van der Waals surface area (Å²) in [7, 11) is 0. The van der Waals surface area contributed by atoms with Crippen LogP contribution < -0.4 is 10.6 Å². The van der Waals surface area contributed by atoms with Gasteiger partial charge in [0.25, 0.3) is 0 Å². The van der Waals surface area contributed by atoms with Crippen molar-refractivity contribution in [3.8, 4) is 0 Å². The SMILES string of the molecule is CCNC(=O)CNCc1c(C)nc2ccccn12. The number of rotatable bonds is 5. The van der Waals surface area contributed by atoms with E-state index in [1.54, 1.807) is 0 Å². The average molecular weight is 246 g/mol. The van der Waals surface area contributed by atoms with Gasteiger partial charge in [-0.15, -0.1) is 0 Å². The number of aromatic nitrogens is 2. The molecule has 0 saturated heterocycles. The molecule has 0 aliphatic heterocycles. The van der Waals surface area contributed by atoms with E-state index in [1.807, 2.05) is 42.6 Å². The molecule has 0 aromatic carbocycles. The molecule has 2 aromatic heterocycles. The number of imidazole rings is 1. The van der Waals surface area contributed by atoms with Crippen LogP contribution in [0.1, 0.15) is 18.3 Å². The summed E-state index contributed by atoms with van der Waals surface area (Å²) in [6.45, 7) is 5.51. The van der Waals surface area contributed by atoms with Crippen LogP contribution in [0.15, 0.2) is 24.4 Å². The third-order valence-corrected chi connectivity index (χ3v) is 2.78. The van der Waals surface area contributed by atoms with Gasteiger partial charge in [-0.3, -0.25) is 4.79 Å². The molecule has 0 saturated carbocycles. The molecule has 0 bridgehead atoms. The van der Waals surface area contributed by atoms with Crippen molar-refractivity contribution in [1.82, 2.24) is 20.0 Å². The Morgan fingerprint density at radius 2 is 2.28 bits per heavy atom. The summed E-state index contributed by atoms with van der Waals surface area (Å²) in [6, 6.07) is 5.91. The molecule has 0 aliphatic carbocycles. The lowest BCUT2D eigenvalue weighted by Crippen LogP contribution is -2.33. The lowest BCUT2D eigenvalue weighted by Gasteiger charge is -2.06. The summed E-state index contributed by atoms with van der Waals surface area (Å²) in [5.74, 6) is 0.0176. The van der Waals surface area contributed by atoms with Crippen LogP contribution in [0.25, 0.3) is 5.65 Å². The van der Waals surface area contributed by atoms with Gasteiger partial charge < -0.3 is 15.0 Å². The van der Waals surface area contributed by atoms with E-state index in [9.17, 15) is 4.79 Å². The number of pyridine rings is 1. The minimum atomic E-state index is 0.0176. The van der Waals surface area contributed by atoms with Crippen LogP contribution in [0.2, 0.25) is 0 Å². The van der Waals surface area contributed by atoms with Gasteiger partial charge in [-0.1, -0.05) is 6.07 Å². The van der Waals surface area contributed by atoms with Gasteiger partial charge in [-0.2, -0.15) is 0 Å². The minimum Gasteiger partial charge on any atom is -0.355 e. The number of nitrogens with one attached hydrogen (secondary N) is 2. The Morgan fingerprint density at radius 3 is 3.06 bits per heavy atom. The number of hydrogen-bond donors (Lipinski definition) is 2. The lowest BCUT2D eigenvalue weighted by molar-refractivity contribution is -0.120. The lowest BCUT2D eigenvalue weighted by atomic mass is 10.3. The summed E-state index contributed by atoms with van der Waals surface area (Å²) >= 11 is 0. The molecule has 2 N–H and O–H groups in total. The van der Waals surface area contributed by atoms with Crippen molar-refractivity contribution in [2.45, 2.75) is 20.4 Å². The Kier molecular flexibility index (Phi) is 3.94. The van der Waals surface area contributed by atoms with Crippen LogP contribution in [-0.4, -0.2) is 28.4 Å². The summed E-state index contributed by atoms with van der Waals surface area (Å²) < 4.78 is 2.04. The van der Waals surface area contributed by atoms with E-state index in [0.717, 1.165) is 17.0 Å². The fourth-order valence-electron chi connectivity index (χ4n) is 1.93. The highest BCUT2D eigenvalue weighted by atomic mass is 16.1. The summed E-state index contributed by atoms with van der Waals surface area (Å²) in [5.41, 5.74) is 3.02. The molecule has 0 fully saturated rings. The van der Waals surface area contributed by atoms with E-state index in [2.05, 4.69) is 15.6 Å². The van der Waals surface area contributed by atoms with E-state index in [0.29, 0.717) is 19.6 Å². The normalized spacial score (nSPS) is 10.8. The minimum absolute atomic E-state index is 0.0176. The van der Waals surface area contributed by atoms with Crippen LogP contribution in [0.4, 0.5) is 0 Å². The number of nitrogens with zero attached hydrogens (tertiary/aromatic N) is 2. The van der Waals surface area contributed by atoms with Crippen molar-refractivity contribution >= 4 is 11.6 Å². The second kappa shape index (κ2) is 5.64. The molecule has 2 aromatic rings. The Balaban J connectivity index is 2.03. The summed E-state index contributed by atoms with van der Waals surface area (Å²) in [6.07, 6.45) is 1.98. The van der Waals surface area contributed by atoms with Gasteiger partial charge in [0.1, 0.15) is 5.65 Å². The molecule has 0 radical (unpaired) electrons. The van der Waals surface area contributed by atoms with Gasteiger partial charge in [0.15, 0.2) is 0 Å². The zero-order valence-corrected chi connectivity index (χ0v) is 10.7. The fourth-order valence-corrected chi connectivity index (χ4v) is 1.93. The Bertz CT molecular complexity index is 547. The number of likely N-dealkylation sites (N-methyl/N-ethyl adjacent to an activating group) is 1. The van der Waals surface area contributed by atoms with Crippen LogP contribution >= 0.6 is 0 Å². The van der Waals surface area contributed by atoms with Crippen molar-refractivity contribution in [3.63, 3.8) is 0 Å². The predicted molar refractivity (Wildman–Crippen MR) is 70.3 cm³/mol. The molecule has 2 heterocycles. The third kappa shape index (κ3) is 2.68. The first-order valence-corrected chi connectivity index (χ1v) is 6.12. The van der Waals surface area contributed by atoms with Crippen LogP contribution in [0, 0.1) is 6.92 Å². The molecule has 96 valence electrons. The molecular weight excluding hydrogens is 228 g/mol. The summed E-state index contributed by atoms with van der Waals surface area (Å²) in [5, 5.41) is 5.89.